The lowest BCUT2D eigenvalue weighted by molar-refractivity contribution is 0.315. The fourth-order valence-corrected chi connectivity index (χ4v) is 1.30. The van der Waals surface area contributed by atoms with Crippen LogP contribution in [0.2, 0.25) is 0 Å². The first-order valence-electron chi connectivity index (χ1n) is 3.70. The molecule has 3 N–H and O–H groups in total. The van der Waals surface area contributed by atoms with Gasteiger partial charge < -0.3 is 10.4 Å². The monoisotopic (exact) mass is 181 g/mol. The largest absolute Gasteiger partial charge is 0.411 e. The van der Waals surface area contributed by atoms with Gasteiger partial charge in [-0.05, 0) is 0 Å². The second kappa shape index (κ2) is 2.85. The van der Waals surface area contributed by atoms with Crippen LogP contribution in [0.15, 0.2) is 10.3 Å². The fourth-order valence-electron chi connectivity index (χ4n) is 1.30. The van der Waals surface area contributed by atoms with Crippen LogP contribution in [-0.4, -0.2) is 37.2 Å². The van der Waals surface area contributed by atoms with Crippen LogP contribution < -0.4 is 0 Å². The molecule has 0 radical (unpaired) electrons. The van der Waals surface area contributed by atoms with E-state index < -0.39 is 0 Å². The number of H-pyrrole nitrogens is 1. The van der Waals surface area contributed by atoms with Crippen LogP contribution >= 0.6 is 0 Å². The van der Waals surface area contributed by atoms with Gasteiger partial charge >= 0.3 is 0 Å². The van der Waals surface area contributed by atoms with E-state index >= 15 is 0 Å². The van der Waals surface area contributed by atoms with Crippen LogP contribution in [0.3, 0.4) is 0 Å². The Morgan fingerprint density at radius 1 is 1.00 bits per heavy atom. The van der Waals surface area contributed by atoms with Crippen molar-refractivity contribution in [3.05, 3.63) is 11.4 Å². The predicted molar refractivity (Wildman–Crippen MR) is 42.3 cm³/mol. The third kappa shape index (κ3) is 1.05. The first kappa shape index (κ1) is 7.71. The average molecular weight is 181 g/mol. The summed E-state index contributed by atoms with van der Waals surface area (Å²) in [4.78, 5) is 0. The van der Waals surface area contributed by atoms with Gasteiger partial charge in [0, 0.05) is 12.8 Å². The molecular weight excluding hydrogens is 174 g/mol. The summed E-state index contributed by atoms with van der Waals surface area (Å²) in [6, 6.07) is 0. The second-order valence-electron chi connectivity index (χ2n) is 2.61. The average Bonchev–Trinajstić information content (AvgIpc) is 2.64. The summed E-state index contributed by atoms with van der Waals surface area (Å²) < 4.78 is 0. The van der Waals surface area contributed by atoms with Crippen LogP contribution in [0.4, 0.5) is 0 Å². The Labute approximate surface area is 72.8 Å². The molecule has 68 valence electrons. The maximum absolute atomic E-state index is 8.62. The minimum Gasteiger partial charge on any atom is -0.411 e. The highest BCUT2D eigenvalue weighted by molar-refractivity contribution is 6.15. The zero-order valence-electron chi connectivity index (χ0n) is 6.60. The number of nitrogens with one attached hydrogen (secondary N) is 1. The number of hydrogen-bond acceptors (Lipinski definition) is 6. The Hall–Kier alpha value is -1.92. The molecule has 13 heavy (non-hydrogen) atoms. The van der Waals surface area contributed by atoms with Gasteiger partial charge in [-0.25, -0.2) is 0 Å². The van der Waals surface area contributed by atoms with Crippen molar-refractivity contribution < 1.29 is 10.4 Å². The molecule has 1 aromatic rings. The van der Waals surface area contributed by atoms with E-state index in [1.54, 1.807) is 0 Å². The SMILES string of the molecule is O/N=C1/CC/C(=N\O)c2n[nH]nc21. The van der Waals surface area contributed by atoms with E-state index in [2.05, 4.69) is 25.7 Å². The first-order valence-corrected chi connectivity index (χ1v) is 3.70. The Morgan fingerprint density at radius 3 is 1.85 bits per heavy atom. The molecule has 0 amide bonds. The lowest BCUT2D eigenvalue weighted by Gasteiger charge is -2.09. The molecule has 0 aliphatic heterocycles. The lowest BCUT2D eigenvalue weighted by atomic mass is 9.97. The molecule has 0 atom stereocenters. The summed E-state index contributed by atoms with van der Waals surface area (Å²) in [5, 5.41) is 33.4. The summed E-state index contributed by atoms with van der Waals surface area (Å²) in [6.07, 6.45) is 0.991. The second-order valence-corrected chi connectivity index (χ2v) is 2.61. The molecule has 7 heteroatoms. The Kier molecular flexibility index (Phi) is 1.69. The van der Waals surface area contributed by atoms with Crippen LogP contribution in [0.25, 0.3) is 0 Å². The highest BCUT2D eigenvalue weighted by atomic mass is 16.4. The third-order valence-electron chi connectivity index (χ3n) is 1.93. The Balaban J connectivity index is 2.55. The van der Waals surface area contributed by atoms with E-state index in [9.17, 15) is 0 Å². The van der Waals surface area contributed by atoms with Gasteiger partial charge in [-0.3, -0.25) is 0 Å². The van der Waals surface area contributed by atoms with E-state index in [1.165, 1.54) is 0 Å². The zero-order valence-corrected chi connectivity index (χ0v) is 6.60. The van der Waals surface area contributed by atoms with Gasteiger partial charge in [0.25, 0.3) is 0 Å². The highest BCUT2D eigenvalue weighted by Crippen LogP contribution is 2.17. The molecule has 7 nitrogen and oxygen atoms in total. The molecule has 0 unspecified atom stereocenters. The molecule has 0 bridgehead atoms. The van der Waals surface area contributed by atoms with Crippen LogP contribution in [-0.2, 0) is 0 Å². The zero-order chi connectivity index (χ0) is 9.26. The first-order chi connectivity index (χ1) is 6.36. The number of hydrogen-bond donors (Lipinski definition) is 3. The summed E-state index contributed by atoms with van der Waals surface area (Å²) in [5.41, 5.74) is 1.80. The molecule has 1 aliphatic rings. The molecule has 1 aromatic heterocycles. The summed E-state index contributed by atoms with van der Waals surface area (Å²) in [5.74, 6) is 0. The van der Waals surface area contributed by atoms with E-state index in [0.717, 1.165) is 0 Å². The maximum atomic E-state index is 8.62. The molecule has 1 heterocycles. The highest BCUT2D eigenvalue weighted by Gasteiger charge is 2.25. The standard InChI is InChI=1S/C6H7N5O2/c12-9-3-1-2-4(10-13)6-5(3)7-11-8-6/h12-13H,1-2H2,(H,7,8,11)/b9-3-,10-4+. The van der Waals surface area contributed by atoms with E-state index in [1.807, 2.05) is 0 Å². The van der Waals surface area contributed by atoms with E-state index in [-0.39, 0.29) is 0 Å². The van der Waals surface area contributed by atoms with Gasteiger partial charge in [0.15, 0.2) is 0 Å². The molecular formula is C6H7N5O2. The smallest absolute Gasteiger partial charge is 0.139 e. The summed E-state index contributed by atoms with van der Waals surface area (Å²) in [7, 11) is 0. The molecule has 0 saturated carbocycles. The van der Waals surface area contributed by atoms with E-state index in [4.69, 9.17) is 10.4 Å². The van der Waals surface area contributed by atoms with Gasteiger partial charge in [-0.2, -0.15) is 15.4 Å². The molecule has 0 saturated heterocycles. The number of fused-ring (bicyclic) bond motifs is 1. The van der Waals surface area contributed by atoms with Crippen LogP contribution in [0.1, 0.15) is 24.2 Å². The molecule has 2 rings (SSSR count). The number of nitrogens with zero attached hydrogens (tertiary/aromatic N) is 4. The van der Waals surface area contributed by atoms with Gasteiger partial charge in [0.2, 0.25) is 0 Å². The minimum atomic E-state index is 0.446. The van der Waals surface area contributed by atoms with Crippen molar-refractivity contribution in [2.75, 3.05) is 0 Å². The lowest BCUT2D eigenvalue weighted by Crippen LogP contribution is -2.18. The topological polar surface area (TPSA) is 107 Å². The van der Waals surface area contributed by atoms with Crippen molar-refractivity contribution >= 4 is 11.4 Å². The number of rotatable bonds is 0. The number of aromatic amines is 1. The van der Waals surface area contributed by atoms with Gasteiger partial charge in [0.1, 0.15) is 22.8 Å². The normalized spacial score (nSPS) is 22.2. The van der Waals surface area contributed by atoms with Crippen LogP contribution in [0, 0.1) is 0 Å². The van der Waals surface area contributed by atoms with Crippen LogP contribution in [0.5, 0.6) is 0 Å². The van der Waals surface area contributed by atoms with Gasteiger partial charge in [0.05, 0.1) is 0 Å². The summed E-state index contributed by atoms with van der Waals surface area (Å²) in [6.45, 7) is 0. The van der Waals surface area contributed by atoms with Crippen molar-refractivity contribution in [3.63, 3.8) is 0 Å². The quantitative estimate of drug-likeness (QED) is 0.385. The number of aromatic nitrogens is 3. The third-order valence-corrected chi connectivity index (χ3v) is 1.93. The minimum absolute atomic E-state index is 0.446. The van der Waals surface area contributed by atoms with Crippen molar-refractivity contribution in [3.8, 4) is 0 Å². The van der Waals surface area contributed by atoms with Crippen molar-refractivity contribution in [1.29, 1.82) is 0 Å². The Morgan fingerprint density at radius 2 is 1.46 bits per heavy atom. The molecule has 0 fully saturated rings. The molecule has 0 aromatic carbocycles. The van der Waals surface area contributed by atoms with Gasteiger partial charge in [-0.1, -0.05) is 10.3 Å². The van der Waals surface area contributed by atoms with Crippen molar-refractivity contribution in [1.82, 2.24) is 15.4 Å². The van der Waals surface area contributed by atoms with Gasteiger partial charge in [-0.15, -0.1) is 0 Å². The molecule has 1 aliphatic carbocycles. The van der Waals surface area contributed by atoms with Crippen molar-refractivity contribution in [2.24, 2.45) is 10.3 Å². The summed E-state index contributed by atoms with van der Waals surface area (Å²) >= 11 is 0. The maximum Gasteiger partial charge on any atom is 0.139 e. The van der Waals surface area contributed by atoms with E-state index in [0.29, 0.717) is 35.7 Å². The van der Waals surface area contributed by atoms with Crippen molar-refractivity contribution in [2.45, 2.75) is 12.8 Å². The number of oxime groups is 2. The molecule has 0 spiro atoms. The fraction of sp³-hybridized carbons (Fsp3) is 0.333. The Bertz CT molecular complexity index is 346. The predicted octanol–water partition coefficient (Wildman–Crippen LogP) is -0.0449.